The zero-order valence-electron chi connectivity index (χ0n) is 46.5. The Morgan fingerprint density at radius 1 is 0.434 bits per heavy atom. The molecule has 0 radical (unpaired) electrons. The van der Waals surface area contributed by atoms with Gasteiger partial charge in [0.2, 0.25) is 0 Å². The molecule has 0 aliphatic heterocycles. The molecule has 0 saturated heterocycles. The number of hydrogen-bond donors (Lipinski definition) is 8. The number of hydrogen-bond acceptors (Lipinski definition) is 15. The number of benzene rings is 11. The predicted molar refractivity (Wildman–Crippen MR) is 342 cm³/mol. The number of ether oxygens (including phenoxy) is 4. The van der Waals surface area contributed by atoms with Crippen LogP contribution in [0.4, 0.5) is 45.5 Å². The maximum Gasteiger partial charge on any atom is 0.264 e. The number of nitrogens with two attached hydrogens (primary N) is 8. The number of allylic oxidation sites excluding steroid dienone is 1. The summed E-state index contributed by atoms with van der Waals surface area (Å²) >= 11 is 0. The fourth-order valence-electron chi connectivity index (χ4n) is 11.0. The maximum atomic E-state index is 15.5. The lowest BCUT2D eigenvalue weighted by atomic mass is 9.82. The van der Waals surface area contributed by atoms with Crippen molar-refractivity contribution in [2.75, 3.05) is 45.9 Å². The lowest BCUT2D eigenvalue weighted by molar-refractivity contribution is 0.101. The van der Waals surface area contributed by atoms with Crippen LogP contribution in [0, 0.1) is 13.8 Å². The third kappa shape index (κ3) is 9.63. The van der Waals surface area contributed by atoms with Crippen LogP contribution < -0.4 is 70.4 Å². The Labute approximate surface area is 476 Å². The molecule has 16 nitrogen and oxygen atoms in total. The Bertz CT molecular complexity index is 4650. The highest BCUT2D eigenvalue weighted by atomic mass is 16.5. The zero-order chi connectivity index (χ0) is 58.9. The third-order valence-corrected chi connectivity index (χ3v) is 14.4. The first kappa shape index (κ1) is 53.9. The molecule has 414 valence electrons. The second-order valence-corrected chi connectivity index (χ2v) is 20.4. The normalized spacial score (nSPS) is 11.3. The number of aromatic nitrogens is 2. The van der Waals surface area contributed by atoms with Crippen molar-refractivity contribution in [2.24, 2.45) is 0 Å². The van der Waals surface area contributed by atoms with Gasteiger partial charge in [0.1, 0.15) is 51.6 Å². The van der Waals surface area contributed by atoms with Crippen molar-refractivity contribution in [3.05, 3.63) is 185 Å². The Morgan fingerprint density at radius 3 is 1.17 bits per heavy atom. The van der Waals surface area contributed by atoms with Crippen molar-refractivity contribution in [1.82, 2.24) is 9.38 Å². The van der Waals surface area contributed by atoms with Gasteiger partial charge in [-0.3, -0.25) is 14.0 Å². The molecule has 83 heavy (non-hydrogen) atoms. The molecule has 0 aliphatic carbocycles. The zero-order valence-corrected chi connectivity index (χ0v) is 46.5. The van der Waals surface area contributed by atoms with Crippen LogP contribution in [0.5, 0.6) is 46.0 Å². The van der Waals surface area contributed by atoms with Gasteiger partial charge < -0.3 is 64.8 Å². The largest absolute Gasteiger partial charge is 0.457 e. The number of pyridine rings is 1. The maximum absolute atomic E-state index is 15.5. The summed E-state index contributed by atoms with van der Waals surface area (Å²) in [6.07, 6.45) is 0. The van der Waals surface area contributed by atoms with E-state index in [1.807, 2.05) is 57.2 Å². The standard InChI is InChI=1S/C57H44N10O6.C8H10.C2H6/c1-24(2)38-20-44(70-34-12-26(58)8-27(59)13-34)50-52-46(72-36-16-30(62)10-31(63)17-36)22-40-49-41(57(69)67-43-7-5-4-6-42(43)66-56(40)67)23-47(73-37-18-32(64)11-33(65)19-37)53(55(49)52)51-45(21-39(25(3)68)48(38)54(50)51)71-35-14-28(60)9-29(61)15-35;1-7-5-3-4-6-8(7)2;1-2/h4-23H,1,58-65H2,2-3H3;3-6H,1-2H3;1-2H3. The number of nitrogen functional groups attached to an aromatic ring is 8. The summed E-state index contributed by atoms with van der Waals surface area (Å²) in [6, 6.07) is 42.2. The number of para-hydroxylation sites is 2. The highest BCUT2D eigenvalue weighted by Crippen LogP contribution is 2.58. The van der Waals surface area contributed by atoms with Crippen molar-refractivity contribution >= 4 is 127 Å². The number of aryl methyl sites for hydroxylation is 2. The van der Waals surface area contributed by atoms with E-state index in [1.165, 1.54) is 18.1 Å². The van der Waals surface area contributed by atoms with Crippen LogP contribution in [-0.4, -0.2) is 15.2 Å². The molecule has 0 bridgehead atoms. The van der Waals surface area contributed by atoms with Gasteiger partial charge in [0.15, 0.2) is 5.78 Å². The summed E-state index contributed by atoms with van der Waals surface area (Å²) in [7, 11) is 0. The van der Waals surface area contributed by atoms with Crippen LogP contribution in [0.3, 0.4) is 0 Å². The minimum Gasteiger partial charge on any atom is -0.457 e. The van der Waals surface area contributed by atoms with E-state index < -0.39 is 0 Å². The number of carbonyl (C=O) groups is 1. The van der Waals surface area contributed by atoms with Gasteiger partial charge in [0.25, 0.3) is 5.56 Å². The number of carbonyl (C=O) groups excluding carboxylic acids is 1. The van der Waals surface area contributed by atoms with Crippen LogP contribution in [-0.2, 0) is 0 Å². The predicted octanol–water partition coefficient (Wildman–Crippen LogP) is 14.9. The molecular formula is C67H60N10O6. The summed E-state index contributed by atoms with van der Waals surface area (Å²) < 4.78 is 29.6. The van der Waals surface area contributed by atoms with Gasteiger partial charge in [-0.1, -0.05) is 62.4 Å². The van der Waals surface area contributed by atoms with Gasteiger partial charge in [0.05, 0.1) is 16.4 Å². The van der Waals surface area contributed by atoms with E-state index in [4.69, 9.17) is 69.8 Å². The number of rotatable bonds is 10. The van der Waals surface area contributed by atoms with Gasteiger partial charge in [-0.05, 0) is 105 Å². The molecule has 13 rings (SSSR count). The number of fused-ring (bicyclic) bond motifs is 6. The number of ketones is 1. The molecule has 2 aromatic heterocycles. The van der Waals surface area contributed by atoms with Crippen molar-refractivity contribution in [1.29, 1.82) is 0 Å². The summed E-state index contributed by atoms with van der Waals surface area (Å²) in [6.45, 7) is 16.0. The molecule has 11 aromatic carbocycles. The first-order valence-electron chi connectivity index (χ1n) is 26.7. The highest BCUT2D eigenvalue weighted by Gasteiger charge is 2.32. The monoisotopic (exact) mass is 1100 g/mol. The van der Waals surface area contributed by atoms with Crippen LogP contribution in [0.25, 0.3) is 76.1 Å². The van der Waals surface area contributed by atoms with Crippen molar-refractivity contribution < 1.29 is 23.7 Å². The number of Topliss-reactive ketones (excluding diaryl/α,β-unsaturated/α-hetero) is 1. The van der Waals surface area contributed by atoms with E-state index in [2.05, 4.69) is 44.7 Å². The summed E-state index contributed by atoms with van der Waals surface area (Å²) in [5.74, 6) is 1.69. The molecule has 16 heteroatoms. The lowest BCUT2D eigenvalue weighted by Gasteiger charge is -2.26. The highest BCUT2D eigenvalue weighted by molar-refractivity contribution is 6.43. The van der Waals surface area contributed by atoms with E-state index in [0.717, 1.165) is 0 Å². The van der Waals surface area contributed by atoms with Gasteiger partial charge in [0, 0.05) is 148 Å². The fourth-order valence-corrected chi connectivity index (χ4v) is 11.0. The number of imidazole rings is 1. The average molecular weight is 1100 g/mol. The van der Waals surface area contributed by atoms with E-state index in [-0.39, 0.29) is 62.5 Å². The molecular weight excluding hydrogens is 1040 g/mol. The molecule has 0 fully saturated rings. The summed E-state index contributed by atoms with van der Waals surface area (Å²) in [5.41, 5.74) is 59.2. The van der Waals surface area contributed by atoms with E-state index in [9.17, 15) is 4.79 Å². The lowest BCUT2D eigenvalue weighted by Crippen LogP contribution is -2.14. The molecule has 0 saturated carbocycles. The van der Waals surface area contributed by atoms with Gasteiger partial charge in [-0.15, -0.1) is 0 Å². The quantitative estimate of drug-likeness (QED) is 0.0273. The van der Waals surface area contributed by atoms with Crippen LogP contribution in [0.15, 0.2) is 157 Å². The van der Waals surface area contributed by atoms with Gasteiger partial charge >= 0.3 is 0 Å². The van der Waals surface area contributed by atoms with Crippen molar-refractivity contribution in [2.45, 2.75) is 41.5 Å². The van der Waals surface area contributed by atoms with Gasteiger partial charge in [-0.25, -0.2) is 4.98 Å². The molecule has 0 unspecified atom stereocenters. The minimum absolute atomic E-state index is 0.178. The molecule has 16 N–H and O–H groups in total. The minimum atomic E-state index is -0.387. The Morgan fingerprint density at radius 2 is 0.783 bits per heavy atom. The second-order valence-electron chi connectivity index (χ2n) is 20.4. The topological polar surface area (TPSA) is 297 Å². The van der Waals surface area contributed by atoms with Crippen molar-refractivity contribution in [3.63, 3.8) is 0 Å². The molecule has 13 aromatic rings. The van der Waals surface area contributed by atoms with E-state index in [1.54, 1.807) is 89.3 Å². The second kappa shape index (κ2) is 20.8. The SMILES string of the molecule is C=C(C)c1cc(Oc2cc(N)cc(N)c2)c2c3c(Oc4cc(N)cc(N)c4)cc4c5c(cc(Oc6cc(N)cc(N)c6)c(c6c(Oc7cc(N)cc(N)c7)cc(C(C)=O)c1c62)c35)c(=O)n1c2ccccc2nc41.CC.Cc1ccccc1C. The molecule has 2 heterocycles. The Balaban J connectivity index is 0.000000660. The number of anilines is 8. The first-order chi connectivity index (χ1) is 39.8. The third-order valence-electron chi connectivity index (χ3n) is 14.4. The number of nitrogens with zero attached hydrogens (tertiary/aromatic N) is 2. The molecule has 0 spiro atoms. The van der Waals surface area contributed by atoms with Crippen molar-refractivity contribution in [3.8, 4) is 46.0 Å². The molecule has 0 atom stereocenters. The first-order valence-corrected chi connectivity index (χ1v) is 26.7. The Hall–Kier alpha value is -11.1. The van der Waals surface area contributed by atoms with E-state index in [0.29, 0.717) is 128 Å². The fraction of sp³-hybridized carbons (Fsp3) is 0.0896. The Kier molecular flexibility index (Phi) is 13.5. The summed E-state index contributed by atoms with van der Waals surface area (Å²) in [4.78, 5) is 34.9. The summed E-state index contributed by atoms with van der Waals surface area (Å²) in [5, 5.41) is 4.39. The van der Waals surface area contributed by atoms with Crippen LogP contribution in [0.2, 0.25) is 0 Å². The smallest absolute Gasteiger partial charge is 0.264 e. The van der Waals surface area contributed by atoms with E-state index >= 15 is 4.79 Å². The average Bonchev–Trinajstić information content (AvgIpc) is 1.44. The van der Waals surface area contributed by atoms with Crippen LogP contribution in [0.1, 0.15) is 54.7 Å². The molecule has 0 aliphatic rings. The molecule has 0 amide bonds. The van der Waals surface area contributed by atoms with Gasteiger partial charge in [-0.2, -0.15) is 0 Å². The van der Waals surface area contributed by atoms with Crippen LogP contribution >= 0.6 is 0 Å².